The van der Waals surface area contributed by atoms with E-state index in [4.69, 9.17) is 10.8 Å². The Morgan fingerprint density at radius 1 is 1.12 bits per heavy atom. The SMILES string of the molecule is C[C@H](CCC(=O)O)[C@H]1CC[C@H]2[C@@H]3[C@H](O)C[C@@H]4C[C@@H](N)C(=C=O)C(=C=O)[C@]4(C)[C@H]3C[C@H](O)[C@]12C. The van der Waals surface area contributed by atoms with Gasteiger partial charge in [-0.1, -0.05) is 20.8 Å². The van der Waals surface area contributed by atoms with Crippen LogP contribution < -0.4 is 5.73 Å². The van der Waals surface area contributed by atoms with Gasteiger partial charge in [-0.15, -0.1) is 0 Å². The summed E-state index contributed by atoms with van der Waals surface area (Å²) in [5, 5.41) is 32.1. The maximum absolute atomic E-state index is 12.1. The molecule has 0 aromatic rings. The van der Waals surface area contributed by atoms with E-state index in [0.29, 0.717) is 25.7 Å². The number of nitrogens with two attached hydrogens (primary N) is 1. The summed E-state index contributed by atoms with van der Waals surface area (Å²) in [5.41, 5.74) is 5.55. The lowest BCUT2D eigenvalue weighted by Crippen LogP contribution is -2.63. The topological polar surface area (TPSA) is 138 Å². The lowest BCUT2D eigenvalue weighted by Gasteiger charge is -2.63. The largest absolute Gasteiger partial charge is 0.481 e. The summed E-state index contributed by atoms with van der Waals surface area (Å²) < 4.78 is 0. The van der Waals surface area contributed by atoms with Crippen molar-refractivity contribution in [1.29, 1.82) is 0 Å². The fraction of sp³-hybridized carbons (Fsp3) is 0.808. The van der Waals surface area contributed by atoms with Crippen LogP contribution in [-0.4, -0.2) is 51.4 Å². The van der Waals surface area contributed by atoms with Crippen molar-refractivity contribution in [3.8, 4) is 0 Å². The van der Waals surface area contributed by atoms with Gasteiger partial charge in [-0.25, -0.2) is 9.59 Å². The molecule has 0 aromatic carbocycles. The van der Waals surface area contributed by atoms with E-state index >= 15 is 0 Å². The number of carbonyl (C=O) groups is 1. The third-order valence-electron chi connectivity index (χ3n) is 10.5. The van der Waals surface area contributed by atoms with Crippen molar-refractivity contribution >= 4 is 17.9 Å². The summed E-state index contributed by atoms with van der Waals surface area (Å²) >= 11 is 0. The minimum absolute atomic E-state index is 0.0588. The molecule has 182 valence electrons. The Kier molecular flexibility index (Phi) is 6.26. The van der Waals surface area contributed by atoms with Crippen molar-refractivity contribution in [2.24, 2.45) is 52.1 Å². The second-order valence-corrected chi connectivity index (χ2v) is 11.6. The molecule has 0 bridgehead atoms. The second-order valence-electron chi connectivity index (χ2n) is 11.6. The fourth-order valence-corrected chi connectivity index (χ4v) is 8.84. The number of hydrogen-bond acceptors (Lipinski definition) is 6. The van der Waals surface area contributed by atoms with E-state index < -0.39 is 35.0 Å². The van der Waals surface area contributed by atoms with E-state index in [2.05, 4.69) is 13.8 Å². The maximum Gasteiger partial charge on any atom is 0.303 e. The number of aliphatic carboxylic acids is 1. The molecule has 4 aliphatic rings. The summed E-state index contributed by atoms with van der Waals surface area (Å²) in [6, 6.07) is -0.592. The van der Waals surface area contributed by atoms with Gasteiger partial charge in [0.15, 0.2) is 0 Å². The first kappa shape index (κ1) is 24.4. The highest BCUT2D eigenvalue weighted by Crippen LogP contribution is 2.69. The molecule has 33 heavy (non-hydrogen) atoms. The molecular formula is C26H37NO6. The van der Waals surface area contributed by atoms with E-state index in [9.17, 15) is 24.6 Å². The van der Waals surface area contributed by atoms with Crippen LogP contribution >= 0.6 is 0 Å². The molecule has 4 saturated carbocycles. The molecule has 0 radical (unpaired) electrons. The van der Waals surface area contributed by atoms with Crippen molar-refractivity contribution in [3.63, 3.8) is 0 Å². The molecule has 4 rings (SSSR count). The number of hydrogen-bond donors (Lipinski definition) is 4. The van der Waals surface area contributed by atoms with Crippen LogP contribution in [0.3, 0.4) is 0 Å². The molecule has 0 unspecified atom stereocenters. The van der Waals surface area contributed by atoms with Gasteiger partial charge in [0, 0.05) is 17.9 Å². The minimum Gasteiger partial charge on any atom is -0.481 e. The molecule has 5 N–H and O–H groups in total. The quantitative estimate of drug-likeness (QED) is 0.473. The molecule has 0 amide bonds. The monoisotopic (exact) mass is 459 g/mol. The highest BCUT2D eigenvalue weighted by Gasteiger charge is 2.67. The Labute approximate surface area is 195 Å². The maximum atomic E-state index is 12.1. The summed E-state index contributed by atoms with van der Waals surface area (Å²) in [4.78, 5) is 35.0. The van der Waals surface area contributed by atoms with Crippen molar-refractivity contribution in [2.75, 3.05) is 0 Å². The molecular weight excluding hydrogens is 422 g/mol. The first-order valence-electron chi connectivity index (χ1n) is 12.4. The number of aliphatic hydroxyl groups is 2. The molecule has 4 fully saturated rings. The number of carbonyl (C=O) groups excluding carboxylic acids is 2. The highest BCUT2D eigenvalue weighted by atomic mass is 16.4. The van der Waals surface area contributed by atoms with Crippen molar-refractivity contribution in [1.82, 2.24) is 0 Å². The van der Waals surface area contributed by atoms with E-state index in [1.165, 1.54) is 0 Å². The van der Waals surface area contributed by atoms with Crippen LogP contribution in [0.15, 0.2) is 11.1 Å². The zero-order valence-corrected chi connectivity index (χ0v) is 19.8. The van der Waals surface area contributed by atoms with Gasteiger partial charge in [-0.3, -0.25) is 4.79 Å². The van der Waals surface area contributed by atoms with Gasteiger partial charge in [0.2, 0.25) is 0 Å². The van der Waals surface area contributed by atoms with Crippen LogP contribution in [0.25, 0.3) is 0 Å². The predicted octanol–water partition coefficient (Wildman–Crippen LogP) is 2.15. The number of carboxylic acid groups (broad SMARTS) is 1. The summed E-state index contributed by atoms with van der Waals surface area (Å²) in [7, 11) is 0. The second kappa shape index (κ2) is 8.48. The number of carboxylic acids is 1. The molecule has 0 heterocycles. The van der Waals surface area contributed by atoms with Crippen LogP contribution in [0.1, 0.15) is 65.7 Å². The van der Waals surface area contributed by atoms with Crippen LogP contribution in [0.4, 0.5) is 0 Å². The first-order valence-corrected chi connectivity index (χ1v) is 12.4. The molecule has 0 aromatic heterocycles. The molecule has 7 nitrogen and oxygen atoms in total. The van der Waals surface area contributed by atoms with Crippen molar-refractivity contribution in [2.45, 2.75) is 84.0 Å². The van der Waals surface area contributed by atoms with E-state index in [0.717, 1.165) is 12.8 Å². The molecule has 11 atom stereocenters. The van der Waals surface area contributed by atoms with E-state index in [-0.39, 0.29) is 53.1 Å². The lowest BCUT2D eigenvalue weighted by atomic mass is 9.41. The third-order valence-corrected chi connectivity index (χ3v) is 10.5. The number of fused-ring (bicyclic) bond motifs is 5. The summed E-state index contributed by atoms with van der Waals surface area (Å²) in [6.07, 6.45) is 2.63. The first-order chi connectivity index (χ1) is 15.5. The van der Waals surface area contributed by atoms with Crippen LogP contribution in [0, 0.1) is 46.3 Å². The lowest BCUT2D eigenvalue weighted by molar-refractivity contribution is -0.188. The highest BCUT2D eigenvalue weighted by molar-refractivity contribution is 5.76. The standard InChI is InChI=1S/C26H37NO6/c1-13(4-7-23(32)33)16-5-6-17-24-18(10-22(31)26(16,17)3)25(2)14(9-21(24)30)8-20(27)15(11-28)19(25)12-29/h13-14,16-18,20-22,24,30-31H,4-10,27H2,1-3H3,(H,32,33)/t13-,14+,16-,17+,18+,20-,21-,22+,24+,25+,26-/m1/s1. The van der Waals surface area contributed by atoms with Gasteiger partial charge in [-0.2, -0.15) is 0 Å². The number of rotatable bonds is 4. The van der Waals surface area contributed by atoms with Gasteiger partial charge in [-0.05, 0) is 79.4 Å². The van der Waals surface area contributed by atoms with Gasteiger partial charge >= 0.3 is 5.97 Å². The van der Waals surface area contributed by atoms with Gasteiger partial charge in [0.05, 0.1) is 23.4 Å². The summed E-state index contributed by atoms with van der Waals surface area (Å²) in [5.74, 6) is 3.15. The van der Waals surface area contributed by atoms with E-state index in [1.807, 2.05) is 18.8 Å². The Hall–Kier alpha value is -1.75. The minimum atomic E-state index is -0.810. The third kappa shape index (κ3) is 3.40. The van der Waals surface area contributed by atoms with Gasteiger partial charge in [0.25, 0.3) is 0 Å². The zero-order chi connectivity index (χ0) is 24.3. The zero-order valence-electron chi connectivity index (χ0n) is 19.8. The molecule has 4 aliphatic carbocycles. The van der Waals surface area contributed by atoms with Gasteiger partial charge in [0.1, 0.15) is 11.9 Å². The average Bonchev–Trinajstić information content (AvgIpc) is 3.11. The van der Waals surface area contributed by atoms with Crippen LogP contribution in [0.2, 0.25) is 0 Å². The molecule has 0 aliphatic heterocycles. The van der Waals surface area contributed by atoms with E-state index in [1.54, 1.807) is 0 Å². The smallest absolute Gasteiger partial charge is 0.303 e. The Bertz CT molecular complexity index is 920. The average molecular weight is 460 g/mol. The van der Waals surface area contributed by atoms with Gasteiger partial charge < -0.3 is 21.1 Å². The Balaban J connectivity index is 1.72. The van der Waals surface area contributed by atoms with Crippen molar-refractivity contribution in [3.05, 3.63) is 11.1 Å². The van der Waals surface area contributed by atoms with Crippen molar-refractivity contribution < 1.29 is 29.7 Å². The number of aliphatic hydroxyl groups excluding tert-OH is 2. The Morgan fingerprint density at radius 3 is 2.42 bits per heavy atom. The van der Waals surface area contributed by atoms with Crippen LogP contribution in [0.5, 0.6) is 0 Å². The summed E-state index contributed by atoms with van der Waals surface area (Å²) in [6.45, 7) is 6.17. The van der Waals surface area contributed by atoms with Crippen LogP contribution in [-0.2, 0) is 14.4 Å². The molecule has 7 heteroatoms. The Morgan fingerprint density at radius 2 is 1.82 bits per heavy atom. The normalized spacial score (nSPS) is 47.6. The fourth-order valence-electron chi connectivity index (χ4n) is 8.84. The molecule has 0 saturated heterocycles. The molecule has 0 spiro atoms. The predicted molar refractivity (Wildman–Crippen MR) is 121 cm³/mol.